The van der Waals surface area contributed by atoms with Crippen LogP contribution in [0.2, 0.25) is 0 Å². The van der Waals surface area contributed by atoms with Crippen molar-refractivity contribution in [3.8, 4) is 0 Å². The first-order valence-electron chi connectivity index (χ1n) is 7.94. The molecule has 0 aliphatic heterocycles. The fourth-order valence-electron chi connectivity index (χ4n) is 2.27. The Kier molecular flexibility index (Phi) is 5.19. The predicted octanol–water partition coefficient (Wildman–Crippen LogP) is 3.43. The highest BCUT2D eigenvalue weighted by molar-refractivity contribution is 6.03. The summed E-state index contributed by atoms with van der Waals surface area (Å²) in [6, 6.07) is 17.8. The van der Waals surface area contributed by atoms with E-state index in [0.717, 1.165) is 0 Å². The molecule has 0 bridgehead atoms. The van der Waals surface area contributed by atoms with E-state index in [4.69, 9.17) is 0 Å². The SMILES string of the molecule is CC(=O)Nc1cccc(Nc2nccc(C(=O)Nc3ccccc3)n2)c1. The molecule has 3 rings (SSSR count). The van der Waals surface area contributed by atoms with Crippen molar-refractivity contribution in [3.05, 3.63) is 72.6 Å². The van der Waals surface area contributed by atoms with Gasteiger partial charge in [0.2, 0.25) is 11.9 Å². The highest BCUT2D eigenvalue weighted by Crippen LogP contribution is 2.18. The normalized spacial score (nSPS) is 10.0. The molecule has 0 aliphatic rings. The number of nitrogens with zero attached hydrogens (tertiary/aromatic N) is 2. The van der Waals surface area contributed by atoms with Gasteiger partial charge in [-0.15, -0.1) is 0 Å². The average Bonchev–Trinajstić information content (AvgIpc) is 2.62. The number of rotatable bonds is 5. The van der Waals surface area contributed by atoms with Crippen LogP contribution in [0.5, 0.6) is 0 Å². The largest absolute Gasteiger partial charge is 0.326 e. The number of carbonyl (C=O) groups is 2. The molecule has 0 spiro atoms. The van der Waals surface area contributed by atoms with Crippen molar-refractivity contribution in [1.29, 1.82) is 0 Å². The Labute approximate surface area is 150 Å². The first kappa shape index (κ1) is 17.1. The molecule has 7 heteroatoms. The Morgan fingerprint density at radius 3 is 2.35 bits per heavy atom. The van der Waals surface area contributed by atoms with Gasteiger partial charge < -0.3 is 16.0 Å². The van der Waals surface area contributed by atoms with E-state index >= 15 is 0 Å². The number of hydrogen-bond donors (Lipinski definition) is 3. The van der Waals surface area contributed by atoms with Crippen molar-refractivity contribution >= 4 is 34.8 Å². The summed E-state index contributed by atoms with van der Waals surface area (Å²) in [7, 11) is 0. The molecule has 1 heterocycles. The smallest absolute Gasteiger partial charge is 0.274 e. The van der Waals surface area contributed by atoms with Crippen LogP contribution in [0.25, 0.3) is 0 Å². The Hall–Kier alpha value is -3.74. The molecule has 0 saturated heterocycles. The van der Waals surface area contributed by atoms with E-state index < -0.39 is 0 Å². The van der Waals surface area contributed by atoms with Gasteiger partial charge in [-0.2, -0.15) is 0 Å². The average molecular weight is 347 g/mol. The van der Waals surface area contributed by atoms with Crippen LogP contribution in [-0.2, 0) is 4.79 Å². The van der Waals surface area contributed by atoms with Crippen molar-refractivity contribution in [2.24, 2.45) is 0 Å². The van der Waals surface area contributed by atoms with E-state index in [2.05, 4.69) is 25.9 Å². The molecule has 1 aromatic heterocycles. The maximum atomic E-state index is 12.3. The van der Waals surface area contributed by atoms with Gasteiger partial charge in [-0.3, -0.25) is 9.59 Å². The number of nitrogens with one attached hydrogen (secondary N) is 3. The number of para-hydroxylation sites is 1. The number of carbonyl (C=O) groups excluding carboxylic acids is 2. The van der Waals surface area contributed by atoms with E-state index in [1.807, 2.05) is 24.3 Å². The molecule has 3 aromatic rings. The van der Waals surface area contributed by atoms with Crippen LogP contribution in [-0.4, -0.2) is 21.8 Å². The monoisotopic (exact) mass is 347 g/mol. The zero-order chi connectivity index (χ0) is 18.4. The first-order chi connectivity index (χ1) is 12.6. The van der Waals surface area contributed by atoms with Crippen LogP contribution >= 0.6 is 0 Å². The maximum absolute atomic E-state index is 12.3. The minimum atomic E-state index is -0.325. The van der Waals surface area contributed by atoms with Gasteiger partial charge in [0, 0.05) is 30.2 Å². The van der Waals surface area contributed by atoms with Gasteiger partial charge in [0.15, 0.2) is 0 Å². The van der Waals surface area contributed by atoms with Crippen LogP contribution in [0.3, 0.4) is 0 Å². The van der Waals surface area contributed by atoms with E-state index in [0.29, 0.717) is 17.1 Å². The zero-order valence-electron chi connectivity index (χ0n) is 14.1. The van der Waals surface area contributed by atoms with Crippen LogP contribution in [0.15, 0.2) is 66.9 Å². The molecule has 130 valence electrons. The molecule has 3 N–H and O–H groups in total. The molecule has 0 radical (unpaired) electrons. The Bertz CT molecular complexity index is 928. The molecule has 0 aliphatic carbocycles. The van der Waals surface area contributed by atoms with E-state index in [-0.39, 0.29) is 23.5 Å². The Morgan fingerprint density at radius 1 is 0.846 bits per heavy atom. The number of amides is 2. The molecule has 0 unspecified atom stereocenters. The molecule has 7 nitrogen and oxygen atoms in total. The van der Waals surface area contributed by atoms with Gasteiger partial charge in [-0.05, 0) is 36.4 Å². The van der Waals surface area contributed by atoms with Crippen molar-refractivity contribution in [2.75, 3.05) is 16.0 Å². The van der Waals surface area contributed by atoms with Crippen molar-refractivity contribution in [2.45, 2.75) is 6.92 Å². The molecular formula is C19H17N5O2. The van der Waals surface area contributed by atoms with E-state index in [1.165, 1.54) is 19.2 Å². The van der Waals surface area contributed by atoms with Crippen molar-refractivity contribution < 1.29 is 9.59 Å². The third-order valence-corrected chi connectivity index (χ3v) is 3.36. The third-order valence-electron chi connectivity index (χ3n) is 3.36. The topological polar surface area (TPSA) is 96.0 Å². The second-order valence-electron chi connectivity index (χ2n) is 5.47. The number of anilines is 4. The molecule has 2 aromatic carbocycles. The first-order valence-corrected chi connectivity index (χ1v) is 7.94. The lowest BCUT2D eigenvalue weighted by Crippen LogP contribution is -2.14. The quantitative estimate of drug-likeness (QED) is 0.657. The molecular weight excluding hydrogens is 330 g/mol. The summed E-state index contributed by atoms with van der Waals surface area (Å²) < 4.78 is 0. The summed E-state index contributed by atoms with van der Waals surface area (Å²) in [4.78, 5) is 31.8. The van der Waals surface area contributed by atoms with Gasteiger partial charge >= 0.3 is 0 Å². The lowest BCUT2D eigenvalue weighted by Gasteiger charge is -2.09. The second-order valence-corrected chi connectivity index (χ2v) is 5.47. The minimum absolute atomic E-state index is 0.155. The van der Waals surface area contributed by atoms with Gasteiger partial charge in [-0.25, -0.2) is 9.97 Å². The van der Waals surface area contributed by atoms with E-state index in [9.17, 15) is 9.59 Å². The highest BCUT2D eigenvalue weighted by Gasteiger charge is 2.09. The van der Waals surface area contributed by atoms with Gasteiger partial charge in [-0.1, -0.05) is 24.3 Å². The van der Waals surface area contributed by atoms with Crippen LogP contribution in [0.1, 0.15) is 17.4 Å². The predicted molar refractivity (Wildman–Crippen MR) is 100 cm³/mol. The highest BCUT2D eigenvalue weighted by atomic mass is 16.2. The van der Waals surface area contributed by atoms with Gasteiger partial charge in [0.1, 0.15) is 5.69 Å². The Morgan fingerprint density at radius 2 is 1.58 bits per heavy atom. The molecule has 0 atom stereocenters. The minimum Gasteiger partial charge on any atom is -0.326 e. The number of benzene rings is 2. The maximum Gasteiger partial charge on any atom is 0.274 e. The Balaban J connectivity index is 1.73. The standard InChI is InChI=1S/C19H17N5O2/c1-13(25)21-15-8-5-9-16(12-15)23-19-20-11-10-17(24-19)18(26)22-14-6-3-2-4-7-14/h2-12H,1H3,(H,21,25)(H,22,26)(H,20,23,24). The lowest BCUT2D eigenvalue weighted by molar-refractivity contribution is -0.114. The van der Waals surface area contributed by atoms with Crippen LogP contribution < -0.4 is 16.0 Å². The van der Waals surface area contributed by atoms with E-state index in [1.54, 1.807) is 30.3 Å². The summed E-state index contributed by atoms with van der Waals surface area (Å²) >= 11 is 0. The summed E-state index contributed by atoms with van der Waals surface area (Å²) in [6.07, 6.45) is 1.51. The fourth-order valence-corrected chi connectivity index (χ4v) is 2.27. The summed E-state index contributed by atoms with van der Waals surface area (Å²) in [5.41, 5.74) is 2.27. The molecule has 26 heavy (non-hydrogen) atoms. The number of aromatic nitrogens is 2. The fraction of sp³-hybridized carbons (Fsp3) is 0.0526. The molecule has 2 amide bonds. The lowest BCUT2D eigenvalue weighted by atomic mass is 10.2. The van der Waals surface area contributed by atoms with Gasteiger partial charge in [0.05, 0.1) is 0 Å². The molecule has 0 fully saturated rings. The van der Waals surface area contributed by atoms with Crippen LogP contribution in [0, 0.1) is 0 Å². The molecule has 0 saturated carbocycles. The van der Waals surface area contributed by atoms with Crippen molar-refractivity contribution in [1.82, 2.24) is 9.97 Å². The second kappa shape index (κ2) is 7.89. The summed E-state index contributed by atoms with van der Waals surface area (Å²) in [5, 5.41) is 8.50. The van der Waals surface area contributed by atoms with Gasteiger partial charge in [0.25, 0.3) is 5.91 Å². The zero-order valence-corrected chi connectivity index (χ0v) is 14.1. The number of hydrogen-bond acceptors (Lipinski definition) is 5. The third kappa shape index (κ3) is 4.64. The summed E-state index contributed by atoms with van der Waals surface area (Å²) in [6.45, 7) is 1.44. The van der Waals surface area contributed by atoms with Crippen molar-refractivity contribution in [3.63, 3.8) is 0 Å². The summed E-state index contributed by atoms with van der Waals surface area (Å²) in [5.74, 6) is -0.197. The van der Waals surface area contributed by atoms with Crippen LogP contribution in [0.4, 0.5) is 23.0 Å².